The van der Waals surface area contributed by atoms with Crippen LogP contribution in [-0.4, -0.2) is 32.2 Å². The minimum absolute atomic E-state index is 0.145. The van der Waals surface area contributed by atoms with Crippen molar-refractivity contribution in [3.8, 4) is 11.5 Å². The highest BCUT2D eigenvalue weighted by atomic mass is 16.5. The molecule has 0 aliphatic heterocycles. The minimum atomic E-state index is -0.568. The lowest BCUT2D eigenvalue weighted by atomic mass is 10.1. The third-order valence-corrected chi connectivity index (χ3v) is 2.69. The van der Waals surface area contributed by atoms with E-state index >= 15 is 0 Å². The average Bonchev–Trinajstić information content (AvgIpc) is 2.39. The number of carbonyl (C=O) groups excluding carboxylic acids is 1. The molecule has 0 aromatic heterocycles. The number of nitrogens with two attached hydrogens (primary N) is 1. The monoisotopic (exact) mass is 266 g/mol. The van der Waals surface area contributed by atoms with Gasteiger partial charge < -0.3 is 20.5 Å². The number of carbonyl (C=O) groups is 1. The van der Waals surface area contributed by atoms with Crippen molar-refractivity contribution in [2.45, 2.75) is 26.4 Å². The minimum Gasteiger partial charge on any atom is -0.493 e. The van der Waals surface area contributed by atoms with Crippen molar-refractivity contribution in [3.63, 3.8) is 0 Å². The predicted molar refractivity (Wildman–Crippen MR) is 74.5 cm³/mol. The summed E-state index contributed by atoms with van der Waals surface area (Å²) in [7, 11) is 1.57. The molecule has 0 saturated carbocycles. The molecule has 0 fully saturated rings. The Hall–Kier alpha value is -1.75. The maximum atomic E-state index is 11.7. The number of likely N-dealkylation sites (N-methyl/N-ethyl adjacent to an activating group) is 1. The summed E-state index contributed by atoms with van der Waals surface area (Å²) in [5.74, 6) is 1.03. The van der Waals surface area contributed by atoms with E-state index in [0.29, 0.717) is 24.6 Å². The molecule has 5 heteroatoms. The number of rotatable bonds is 7. The van der Waals surface area contributed by atoms with Gasteiger partial charge in [-0.05, 0) is 44.5 Å². The summed E-state index contributed by atoms with van der Waals surface area (Å²) in [6.45, 7) is 4.72. The maximum Gasteiger partial charge on any atom is 0.260 e. The highest BCUT2D eigenvalue weighted by molar-refractivity contribution is 5.80. The summed E-state index contributed by atoms with van der Waals surface area (Å²) in [6.07, 6.45) is 0.192. The van der Waals surface area contributed by atoms with Crippen LogP contribution in [0.3, 0.4) is 0 Å². The third kappa shape index (κ3) is 4.44. The first-order valence-electron chi connectivity index (χ1n) is 6.43. The van der Waals surface area contributed by atoms with E-state index in [1.54, 1.807) is 14.0 Å². The highest BCUT2D eigenvalue weighted by Gasteiger charge is 2.16. The van der Waals surface area contributed by atoms with Crippen molar-refractivity contribution in [2.75, 3.05) is 20.2 Å². The van der Waals surface area contributed by atoms with Crippen LogP contribution >= 0.6 is 0 Å². The molecule has 0 saturated heterocycles. The van der Waals surface area contributed by atoms with Crippen LogP contribution < -0.4 is 20.5 Å². The Bertz CT molecular complexity index is 421. The lowest BCUT2D eigenvalue weighted by molar-refractivity contribution is -0.127. The third-order valence-electron chi connectivity index (χ3n) is 2.69. The molecule has 0 spiro atoms. The first kappa shape index (κ1) is 15.3. The molecule has 1 aromatic rings. The Kier molecular flexibility index (Phi) is 6.15. The van der Waals surface area contributed by atoms with E-state index in [1.165, 1.54) is 0 Å². The molecular weight excluding hydrogens is 244 g/mol. The molecule has 106 valence electrons. The Labute approximate surface area is 114 Å². The number of hydrogen-bond acceptors (Lipinski definition) is 4. The molecule has 1 rings (SSSR count). The number of methoxy groups -OCH3 is 1. The van der Waals surface area contributed by atoms with Gasteiger partial charge in [0.25, 0.3) is 5.91 Å². The van der Waals surface area contributed by atoms with Gasteiger partial charge in [0.05, 0.1) is 7.11 Å². The standard InChI is InChI=1S/C14H22N2O3/c1-4-16-14(17)10(2)19-13-9-11(7-8-15)5-6-12(13)18-3/h5-6,9-10H,4,7-8,15H2,1-3H3,(H,16,17). The number of nitrogens with one attached hydrogen (secondary N) is 1. The van der Waals surface area contributed by atoms with E-state index < -0.39 is 6.10 Å². The lowest BCUT2D eigenvalue weighted by Gasteiger charge is -2.17. The summed E-state index contributed by atoms with van der Waals surface area (Å²) in [4.78, 5) is 11.7. The van der Waals surface area contributed by atoms with Gasteiger partial charge in [-0.15, -0.1) is 0 Å². The zero-order valence-electron chi connectivity index (χ0n) is 11.7. The van der Waals surface area contributed by atoms with E-state index in [2.05, 4.69) is 5.32 Å². The smallest absolute Gasteiger partial charge is 0.260 e. The van der Waals surface area contributed by atoms with E-state index in [0.717, 1.165) is 12.0 Å². The molecular formula is C14H22N2O3. The summed E-state index contributed by atoms with van der Waals surface area (Å²) in [5, 5.41) is 2.72. The van der Waals surface area contributed by atoms with Gasteiger partial charge in [-0.2, -0.15) is 0 Å². The van der Waals surface area contributed by atoms with Crippen molar-refractivity contribution in [2.24, 2.45) is 5.73 Å². The topological polar surface area (TPSA) is 73.6 Å². The van der Waals surface area contributed by atoms with Gasteiger partial charge in [0.1, 0.15) is 0 Å². The summed E-state index contributed by atoms with van der Waals surface area (Å²) in [5.41, 5.74) is 6.59. The van der Waals surface area contributed by atoms with Crippen LogP contribution in [0.5, 0.6) is 11.5 Å². The van der Waals surface area contributed by atoms with Gasteiger partial charge in [0.2, 0.25) is 0 Å². The van der Waals surface area contributed by atoms with Crippen LogP contribution in [0.25, 0.3) is 0 Å². The van der Waals surface area contributed by atoms with Gasteiger partial charge in [-0.3, -0.25) is 4.79 Å². The van der Waals surface area contributed by atoms with Crippen molar-refractivity contribution in [3.05, 3.63) is 23.8 Å². The van der Waals surface area contributed by atoms with Crippen LogP contribution in [-0.2, 0) is 11.2 Å². The maximum absolute atomic E-state index is 11.7. The van der Waals surface area contributed by atoms with E-state index in [-0.39, 0.29) is 5.91 Å². The van der Waals surface area contributed by atoms with E-state index in [4.69, 9.17) is 15.2 Å². The number of benzene rings is 1. The van der Waals surface area contributed by atoms with E-state index in [1.807, 2.05) is 25.1 Å². The highest BCUT2D eigenvalue weighted by Crippen LogP contribution is 2.29. The second-order valence-electron chi connectivity index (χ2n) is 4.18. The fraction of sp³-hybridized carbons (Fsp3) is 0.500. The van der Waals surface area contributed by atoms with Crippen LogP contribution in [0.2, 0.25) is 0 Å². The zero-order chi connectivity index (χ0) is 14.3. The Morgan fingerprint density at radius 1 is 1.42 bits per heavy atom. The number of ether oxygens (including phenoxy) is 2. The Balaban J connectivity index is 2.84. The number of amides is 1. The molecule has 1 amide bonds. The molecule has 5 nitrogen and oxygen atoms in total. The van der Waals surface area contributed by atoms with Crippen LogP contribution in [0, 0.1) is 0 Å². The van der Waals surface area contributed by atoms with Crippen molar-refractivity contribution in [1.82, 2.24) is 5.32 Å². The second-order valence-corrected chi connectivity index (χ2v) is 4.18. The summed E-state index contributed by atoms with van der Waals surface area (Å²) < 4.78 is 10.9. The van der Waals surface area contributed by atoms with Crippen LogP contribution in [0.4, 0.5) is 0 Å². The predicted octanol–water partition coefficient (Wildman–Crippen LogP) is 1.10. The molecule has 19 heavy (non-hydrogen) atoms. The average molecular weight is 266 g/mol. The van der Waals surface area contributed by atoms with Crippen molar-refractivity contribution in [1.29, 1.82) is 0 Å². The van der Waals surface area contributed by atoms with Gasteiger partial charge >= 0.3 is 0 Å². The number of hydrogen-bond donors (Lipinski definition) is 2. The Morgan fingerprint density at radius 3 is 2.74 bits per heavy atom. The molecule has 3 N–H and O–H groups in total. The summed E-state index contributed by atoms with van der Waals surface area (Å²) in [6, 6.07) is 5.63. The van der Waals surface area contributed by atoms with Gasteiger partial charge in [0, 0.05) is 6.54 Å². The first-order valence-corrected chi connectivity index (χ1v) is 6.43. The largest absolute Gasteiger partial charge is 0.493 e. The lowest BCUT2D eigenvalue weighted by Crippen LogP contribution is -2.36. The molecule has 0 heterocycles. The van der Waals surface area contributed by atoms with Crippen molar-refractivity contribution < 1.29 is 14.3 Å². The van der Waals surface area contributed by atoms with Crippen LogP contribution in [0.1, 0.15) is 19.4 Å². The quantitative estimate of drug-likeness (QED) is 0.775. The van der Waals surface area contributed by atoms with Crippen molar-refractivity contribution >= 4 is 5.91 Å². The molecule has 0 aliphatic carbocycles. The van der Waals surface area contributed by atoms with Gasteiger partial charge in [-0.1, -0.05) is 6.07 Å². The fourth-order valence-corrected chi connectivity index (χ4v) is 1.70. The molecule has 1 atom stereocenters. The van der Waals surface area contributed by atoms with Crippen LogP contribution in [0.15, 0.2) is 18.2 Å². The SMILES string of the molecule is CCNC(=O)C(C)Oc1cc(CCN)ccc1OC. The molecule has 0 radical (unpaired) electrons. The second kappa shape index (κ2) is 7.63. The fourth-order valence-electron chi connectivity index (χ4n) is 1.70. The first-order chi connectivity index (χ1) is 9.12. The Morgan fingerprint density at radius 2 is 2.16 bits per heavy atom. The van der Waals surface area contributed by atoms with E-state index in [9.17, 15) is 4.79 Å². The molecule has 0 aliphatic rings. The molecule has 1 unspecified atom stereocenters. The summed E-state index contributed by atoms with van der Waals surface area (Å²) >= 11 is 0. The molecule has 1 aromatic carbocycles. The normalized spacial score (nSPS) is 11.8. The van der Waals surface area contributed by atoms with Gasteiger partial charge in [-0.25, -0.2) is 0 Å². The zero-order valence-corrected chi connectivity index (χ0v) is 11.7. The molecule has 0 bridgehead atoms. The van der Waals surface area contributed by atoms with Gasteiger partial charge in [0.15, 0.2) is 17.6 Å².